The molecule has 0 amide bonds. The molecule has 0 fully saturated rings. The molecule has 4 nitrogen and oxygen atoms in total. The predicted octanol–water partition coefficient (Wildman–Crippen LogP) is 11.9. The first-order valence-electron chi connectivity index (χ1n) is 13.2. The van der Waals surface area contributed by atoms with Crippen molar-refractivity contribution in [2.75, 3.05) is 0 Å². The average molecular weight is 552 g/mol. The largest absolute Gasteiger partial charge is 0.455 e. The lowest BCUT2D eigenvalue weighted by atomic mass is 10.1. The highest BCUT2D eigenvalue weighted by molar-refractivity contribution is 7.69. The highest BCUT2D eigenvalue weighted by Crippen LogP contribution is 2.65. The van der Waals surface area contributed by atoms with Crippen LogP contribution in [0.25, 0.3) is 64.2 Å². The molecular formula is C34H18O4P2. The normalized spacial score (nSPS) is 13.8. The Bertz CT molecular complexity index is 2280. The highest BCUT2D eigenvalue weighted by atomic mass is 31.1. The average Bonchev–Trinajstić information content (AvgIpc) is 3.00. The molecule has 0 spiro atoms. The molecule has 4 heterocycles. The second kappa shape index (κ2) is 7.52. The number of para-hydroxylation sites is 2. The van der Waals surface area contributed by atoms with Crippen LogP contribution < -0.4 is 9.47 Å². The first kappa shape index (κ1) is 21.2. The van der Waals surface area contributed by atoms with Gasteiger partial charge in [0.15, 0.2) is 0 Å². The summed E-state index contributed by atoms with van der Waals surface area (Å²) in [5.41, 5.74) is 3.59. The van der Waals surface area contributed by atoms with Crippen LogP contribution in [0.4, 0.5) is 0 Å². The summed E-state index contributed by atoms with van der Waals surface area (Å²) in [6, 6.07) is 37.8. The molecule has 0 radical (unpaired) electrons. The van der Waals surface area contributed by atoms with Gasteiger partial charge in [-0.1, -0.05) is 51.5 Å². The summed E-state index contributed by atoms with van der Waals surface area (Å²) in [5.74, 6) is 3.61. The summed E-state index contributed by atoms with van der Waals surface area (Å²) in [6.07, 6.45) is 0. The fraction of sp³-hybridized carbons (Fsp3) is 0. The zero-order valence-corrected chi connectivity index (χ0v) is 22.7. The number of benzene rings is 6. The minimum Gasteiger partial charge on any atom is -0.455 e. The van der Waals surface area contributed by atoms with Crippen molar-refractivity contribution in [1.82, 2.24) is 0 Å². The maximum Gasteiger partial charge on any atom is 0.142 e. The number of hydrogen-bond donors (Lipinski definition) is 0. The van der Waals surface area contributed by atoms with Gasteiger partial charge in [-0.25, -0.2) is 0 Å². The summed E-state index contributed by atoms with van der Waals surface area (Å²) in [4.78, 5) is 0. The summed E-state index contributed by atoms with van der Waals surface area (Å²) in [7, 11) is -1.78. The first-order valence-corrected chi connectivity index (χ1v) is 15.9. The topological polar surface area (TPSA) is 44.7 Å². The third-order valence-corrected chi connectivity index (χ3v) is 13.3. The van der Waals surface area contributed by atoms with E-state index >= 15 is 0 Å². The van der Waals surface area contributed by atoms with E-state index in [0.29, 0.717) is 0 Å². The molecule has 6 aromatic carbocycles. The van der Waals surface area contributed by atoms with Crippen molar-refractivity contribution in [2.24, 2.45) is 0 Å². The molecule has 2 aromatic heterocycles. The van der Waals surface area contributed by atoms with Crippen molar-refractivity contribution in [3.8, 4) is 33.6 Å². The SMILES string of the molecule is c1ccc2c(c1)Oc1cccc3oc4ccc5c(ccc6oc7cccc8c7p(c65)-c5ccccc5O8)c4p-2c13. The van der Waals surface area contributed by atoms with Crippen LogP contribution in [0, 0.1) is 0 Å². The molecule has 8 aromatic rings. The van der Waals surface area contributed by atoms with E-state index in [9.17, 15) is 0 Å². The molecule has 6 heteroatoms. The Morgan fingerprint density at radius 1 is 0.350 bits per heavy atom. The second-order valence-corrected chi connectivity index (χ2v) is 14.2. The zero-order chi connectivity index (χ0) is 25.9. The molecular weight excluding hydrogens is 534 g/mol. The lowest BCUT2D eigenvalue weighted by Gasteiger charge is -2.24. The van der Waals surface area contributed by atoms with Crippen molar-refractivity contribution in [2.45, 2.75) is 0 Å². The highest BCUT2D eigenvalue weighted by Gasteiger charge is 2.27. The Morgan fingerprint density at radius 2 is 0.775 bits per heavy atom. The van der Waals surface area contributed by atoms with E-state index in [0.717, 1.165) is 55.6 Å². The molecule has 10 rings (SSSR count). The number of ether oxygens (including phenoxy) is 2. The van der Waals surface area contributed by atoms with Crippen molar-refractivity contribution < 1.29 is 18.3 Å². The summed E-state index contributed by atoms with van der Waals surface area (Å²) in [5, 5.41) is 9.63. The Morgan fingerprint density at radius 3 is 1.27 bits per heavy atom. The lowest BCUT2D eigenvalue weighted by molar-refractivity contribution is 0.489. The van der Waals surface area contributed by atoms with E-state index in [1.807, 2.05) is 24.3 Å². The molecule has 0 N–H and O–H groups in total. The van der Waals surface area contributed by atoms with Crippen LogP contribution in [0.15, 0.2) is 118 Å². The maximum absolute atomic E-state index is 6.58. The number of rotatable bonds is 0. The summed E-state index contributed by atoms with van der Waals surface area (Å²) >= 11 is 0. The van der Waals surface area contributed by atoms with Gasteiger partial charge in [0, 0.05) is 20.8 Å². The third kappa shape index (κ3) is 2.63. The predicted molar refractivity (Wildman–Crippen MR) is 164 cm³/mol. The van der Waals surface area contributed by atoms with E-state index in [1.165, 1.54) is 31.6 Å². The Balaban J connectivity index is 1.46. The number of hydrogen-bond acceptors (Lipinski definition) is 4. The fourth-order valence-corrected chi connectivity index (χ4v) is 11.8. The molecule has 188 valence electrons. The van der Waals surface area contributed by atoms with E-state index in [-0.39, 0.29) is 0 Å². The van der Waals surface area contributed by atoms with Gasteiger partial charge in [0.1, 0.15) is 45.3 Å². The number of fused-ring (bicyclic) bond motifs is 11. The van der Waals surface area contributed by atoms with Gasteiger partial charge in [0.2, 0.25) is 0 Å². The standard InChI is InChI=1S/C34H18O4P2/c1-3-13-29-21(7-1)35-23-9-5-11-25-33(23)39(29)31-19-15-18-28-32(20(19)16-17-27(31)37-25)40-30-14-4-2-8-22(30)36-24-10-6-12-26(38-28)34(24)40/h1-18H. The molecule has 0 bridgehead atoms. The van der Waals surface area contributed by atoms with Crippen molar-refractivity contribution in [3.05, 3.63) is 109 Å². The van der Waals surface area contributed by atoms with Gasteiger partial charge >= 0.3 is 0 Å². The van der Waals surface area contributed by atoms with E-state index < -0.39 is 15.1 Å². The van der Waals surface area contributed by atoms with Gasteiger partial charge in [-0.2, -0.15) is 0 Å². The summed E-state index contributed by atoms with van der Waals surface area (Å²) < 4.78 is 25.9. The van der Waals surface area contributed by atoms with Gasteiger partial charge < -0.3 is 18.3 Å². The Labute approximate surface area is 229 Å². The molecule has 2 aliphatic rings. The molecule has 40 heavy (non-hydrogen) atoms. The monoisotopic (exact) mass is 552 g/mol. The smallest absolute Gasteiger partial charge is 0.142 e. The zero-order valence-electron chi connectivity index (χ0n) is 20.9. The molecule has 0 aliphatic carbocycles. The Hall–Kier alpha value is -4.62. The maximum atomic E-state index is 6.58. The van der Waals surface area contributed by atoms with Crippen LogP contribution in [0.5, 0.6) is 23.0 Å². The van der Waals surface area contributed by atoms with Gasteiger partial charge in [0.05, 0.1) is 10.2 Å². The van der Waals surface area contributed by atoms with E-state index in [4.69, 9.17) is 18.3 Å². The first-order chi connectivity index (χ1) is 19.8. The lowest BCUT2D eigenvalue weighted by Crippen LogP contribution is -1.94. The molecule has 2 atom stereocenters. The van der Waals surface area contributed by atoms with Crippen LogP contribution in [-0.4, -0.2) is 0 Å². The minimum atomic E-state index is -0.888. The van der Waals surface area contributed by atoms with Crippen molar-refractivity contribution in [3.63, 3.8) is 0 Å². The molecule has 0 saturated heterocycles. The van der Waals surface area contributed by atoms with Gasteiger partial charge in [-0.05, 0) is 83.6 Å². The van der Waals surface area contributed by atoms with Gasteiger partial charge in [-0.15, -0.1) is 0 Å². The van der Waals surface area contributed by atoms with Crippen LogP contribution in [0.3, 0.4) is 0 Å². The molecule has 2 unspecified atom stereocenters. The van der Waals surface area contributed by atoms with Crippen LogP contribution in [-0.2, 0) is 0 Å². The minimum absolute atomic E-state index is 0.882. The van der Waals surface area contributed by atoms with Crippen LogP contribution in [0.1, 0.15) is 0 Å². The summed E-state index contributed by atoms with van der Waals surface area (Å²) in [6.45, 7) is 0. The molecule has 2 aliphatic heterocycles. The van der Waals surface area contributed by atoms with Crippen LogP contribution in [0.2, 0.25) is 0 Å². The second-order valence-electron chi connectivity index (χ2n) is 10.1. The van der Waals surface area contributed by atoms with Crippen molar-refractivity contribution >= 4 is 68.6 Å². The third-order valence-electron chi connectivity index (χ3n) is 7.98. The fourth-order valence-electron chi connectivity index (χ4n) is 6.37. The van der Waals surface area contributed by atoms with Crippen LogP contribution >= 0.6 is 15.1 Å². The van der Waals surface area contributed by atoms with Gasteiger partial charge in [-0.3, -0.25) is 0 Å². The Kier molecular flexibility index (Phi) is 3.99. The van der Waals surface area contributed by atoms with E-state index in [1.54, 1.807) is 0 Å². The van der Waals surface area contributed by atoms with Crippen molar-refractivity contribution in [1.29, 1.82) is 0 Å². The van der Waals surface area contributed by atoms with Gasteiger partial charge in [0.25, 0.3) is 0 Å². The van der Waals surface area contributed by atoms with E-state index in [2.05, 4.69) is 84.9 Å². The molecule has 0 saturated carbocycles. The quantitative estimate of drug-likeness (QED) is 0.139.